The molecule has 0 aliphatic carbocycles. The van der Waals surface area contributed by atoms with Crippen LogP contribution in [0.5, 0.6) is 5.75 Å². The van der Waals surface area contributed by atoms with E-state index in [-0.39, 0.29) is 24.9 Å². The largest absolute Gasteiger partial charge is 0.488 e. The van der Waals surface area contributed by atoms with Gasteiger partial charge in [-0.15, -0.1) is 0 Å². The maximum atomic E-state index is 13.3. The summed E-state index contributed by atoms with van der Waals surface area (Å²) >= 11 is 9.21. The van der Waals surface area contributed by atoms with E-state index in [1.54, 1.807) is 48.5 Å². The van der Waals surface area contributed by atoms with Crippen LogP contribution in [-0.2, 0) is 16.2 Å². The number of hydrogen-bond donors (Lipinski definition) is 1. The van der Waals surface area contributed by atoms with Crippen LogP contribution in [0.15, 0.2) is 76.4 Å². The molecule has 8 heteroatoms. The van der Waals surface area contributed by atoms with E-state index >= 15 is 0 Å². The van der Waals surface area contributed by atoms with Gasteiger partial charge in [-0.05, 0) is 60.2 Å². The van der Waals surface area contributed by atoms with Gasteiger partial charge in [-0.3, -0.25) is 4.79 Å². The molecule has 5 nitrogen and oxygen atoms in total. The monoisotopic (exact) mass is 490 g/mol. The lowest BCUT2D eigenvalue weighted by Gasteiger charge is -2.10. The number of rotatable bonds is 8. The zero-order valence-corrected chi connectivity index (χ0v) is 18.0. The average molecular weight is 492 g/mol. The molecule has 0 atom stereocenters. The van der Waals surface area contributed by atoms with Gasteiger partial charge in [0.1, 0.15) is 18.2 Å². The van der Waals surface area contributed by atoms with Crippen LogP contribution < -0.4 is 10.1 Å². The van der Waals surface area contributed by atoms with Gasteiger partial charge in [0.05, 0.1) is 6.21 Å². The fourth-order valence-corrected chi connectivity index (χ4v) is 2.96. The van der Waals surface area contributed by atoms with Gasteiger partial charge >= 0.3 is 0 Å². The third-order valence-corrected chi connectivity index (χ3v) is 4.59. The Kier molecular flexibility index (Phi) is 7.82. The number of anilines is 1. The van der Waals surface area contributed by atoms with Crippen molar-refractivity contribution in [3.8, 4) is 5.75 Å². The van der Waals surface area contributed by atoms with E-state index in [0.717, 1.165) is 4.47 Å². The second kappa shape index (κ2) is 10.8. The van der Waals surface area contributed by atoms with Crippen LogP contribution in [0.3, 0.4) is 0 Å². The van der Waals surface area contributed by atoms with Crippen LogP contribution in [0, 0.1) is 5.82 Å². The molecule has 0 spiro atoms. The maximum Gasteiger partial charge on any atom is 0.265 e. The number of carbonyl (C=O) groups is 1. The van der Waals surface area contributed by atoms with Crippen LogP contribution in [0.2, 0.25) is 5.02 Å². The molecule has 3 aromatic carbocycles. The van der Waals surface area contributed by atoms with Gasteiger partial charge in [0.2, 0.25) is 0 Å². The highest BCUT2D eigenvalue weighted by atomic mass is 79.9. The zero-order chi connectivity index (χ0) is 21.3. The molecule has 0 bridgehead atoms. The lowest BCUT2D eigenvalue weighted by atomic mass is 10.2. The Labute approximate surface area is 186 Å². The summed E-state index contributed by atoms with van der Waals surface area (Å²) < 4.78 is 19.9. The van der Waals surface area contributed by atoms with Crippen LogP contribution in [0.1, 0.15) is 11.1 Å². The van der Waals surface area contributed by atoms with E-state index in [4.69, 9.17) is 21.2 Å². The normalized spacial score (nSPS) is 10.8. The molecular weight excluding hydrogens is 475 g/mol. The molecule has 0 aliphatic heterocycles. The van der Waals surface area contributed by atoms with E-state index in [9.17, 15) is 9.18 Å². The number of hydrogen-bond acceptors (Lipinski definition) is 4. The number of nitrogens with zero attached hydrogens (tertiary/aromatic N) is 1. The van der Waals surface area contributed by atoms with Crippen LogP contribution >= 0.6 is 27.5 Å². The first-order valence-corrected chi connectivity index (χ1v) is 10.0. The summed E-state index contributed by atoms with van der Waals surface area (Å²) in [5, 5.41) is 7.09. The Bertz CT molecular complexity index is 1040. The summed E-state index contributed by atoms with van der Waals surface area (Å²) in [5.74, 6) is -0.134. The first-order valence-electron chi connectivity index (χ1n) is 8.87. The predicted molar refractivity (Wildman–Crippen MR) is 119 cm³/mol. The molecule has 0 saturated carbocycles. The van der Waals surface area contributed by atoms with Gasteiger partial charge in [-0.1, -0.05) is 44.8 Å². The van der Waals surface area contributed by atoms with Gasteiger partial charge in [0.15, 0.2) is 6.61 Å². The third kappa shape index (κ3) is 6.86. The molecule has 154 valence electrons. The van der Waals surface area contributed by atoms with E-state index in [2.05, 4.69) is 26.4 Å². The van der Waals surface area contributed by atoms with Gasteiger partial charge in [0, 0.05) is 20.7 Å². The minimum Gasteiger partial charge on any atom is -0.488 e. The summed E-state index contributed by atoms with van der Waals surface area (Å²) in [5.41, 5.74) is 1.95. The number of halogens is 3. The molecule has 0 heterocycles. The number of amides is 1. The third-order valence-electron chi connectivity index (χ3n) is 3.85. The van der Waals surface area contributed by atoms with Gasteiger partial charge < -0.3 is 14.9 Å². The van der Waals surface area contributed by atoms with Crippen LogP contribution in [0.4, 0.5) is 10.1 Å². The zero-order valence-electron chi connectivity index (χ0n) is 15.6. The Morgan fingerprint density at radius 2 is 1.93 bits per heavy atom. The number of benzene rings is 3. The first-order chi connectivity index (χ1) is 14.5. The lowest BCUT2D eigenvalue weighted by Crippen LogP contribution is -2.16. The van der Waals surface area contributed by atoms with Crippen molar-refractivity contribution >= 4 is 45.3 Å². The van der Waals surface area contributed by atoms with Gasteiger partial charge in [0.25, 0.3) is 5.91 Å². The predicted octanol–water partition coefficient (Wildman–Crippen LogP) is 5.81. The summed E-state index contributed by atoms with van der Waals surface area (Å²) in [7, 11) is 0. The van der Waals surface area contributed by atoms with E-state index in [0.29, 0.717) is 27.6 Å². The minimum atomic E-state index is -0.355. The lowest BCUT2D eigenvalue weighted by molar-refractivity contribution is -0.120. The van der Waals surface area contributed by atoms with Crippen molar-refractivity contribution in [1.82, 2.24) is 0 Å². The summed E-state index contributed by atoms with van der Waals surface area (Å²) in [6, 6.07) is 18.3. The van der Waals surface area contributed by atoms with Crippen molar-refractivity contribution in [2.45, 2.75) is 6.61 Å². The van der Waals surface area contributed by atoms with Crippen molar-refractivity contribution in [3.05, 3.63) is 93.2 Å². The van der Waals surface area contributed by atoms with Crippen molar-refractivity contribution in [2.75, 3.05) is 11.9 Å². The highest BCUT2D eigenvalue weighted by Gasteiger charge is 2.06. The number of carbonyl (C=O) groups excluding carboxylic acids is 1. The molecule has 30 heavy (non-hydrogen) atoms. The molecule has 0 fully saturated rings. The van der Waals surface area contributed by atoms with Crippen LogP contribution in [0.25, 0.3) is 0 Å². The maximum absolute atomic E-state index is 13.3. The van der Waals surface area contributed by atoms with Crippen LogP contribution in [-0.4, -0.2) is 18.7 Å². The van der Waals surface area contributed by atoms with Crippen molar-refractivity contribution in [3.63, 3.8) is 0 Å². The molecule has 3 aromatic rings. The van der Waals surface area contributed by atoms with E-state index in [1.165, 1.54) is 18.3 Å². The molecule has 0 aromatic heterocycles. The molecule has 1 amide bonds. The average Bonchev–Trinajstić information content (AvgIpc) is 2.72. The van der Waals surface area contributed by atoms with Crippen molar-refractivity contribution in [2.24, 2.45) is 5.16 Å². The molecule has 0 saturated heterocycles. The van der Waals surface area contributed by atoms with Gasteiger partial charge in [-0.25, -0.2) is 4.39 Å². The molecular formula is C22H17BrClFN2O3. The molecule has 1 N–H and O–H groups in total. The van der Waals surface area contributed by atoms with E-state index in [1.807, 2.05) is 6.07 Å². The van der Waals surface area contributed by atoms with E-state index < -0.39 is 0 Å². The van der Waals surface area contributed by atoms with Crippen molar-refractivity contribution < 1.29 is 18.8 Å². The summed E-state index contributed by atoms with van der Waals surface area (Å²) in [6.07, 6.45) is 1.45. The Hall–Kier alpha value is -2.90. The number of oxime groups is 1. The highest BCUT2D eigenvalue weighted by Crippen LogP contribution is 2.23. The minimum absolute atomic E-state index is 0.199. The fourth-order valence-electron chi connectivity index (χ4n) is 2.46. The Morgan fingerprint density at radius 1 is 1.13 bits per heavy atom. The molecule has 0 aliphatic rings. The number of ether oxygens (including phenoxy) is 1. The fraction of sp³-hybridized carbons (Fsp3) is 0.0909. The Balaban J connectivity index is 1.55. The van der Waals surface area contributed by atoms with Gasteiger partial charge in [-0.2, -0.15) is 0 Å². The Morgan fingerprint density at radius 3 is 2.70 bits per heavy atom. The highest BCUT2D eigenvalue weighted by molar-refractivity contribution is 9.10. The quantitative estimate of drug-likeness (QED) is 0.319. The smallest absolute Gasteiger partial charge is 0.265 e. The molecule has 3 rings (SSSR count). The second-order valence-electron chi connectivity index (χ2n) is 6.16. The summed E-state index contributed by atoms with van der Waals surface area (Å²) in [4.78, 5) is 17.0. The topological polar surface area (TPSA) is 59.9 Å². The second-order valence-corrected chi connectivity index (χ2v) is 7.52. The first kappa shape index (κ1) is 21.8. The SMILES string of the molecule is O=C(CO/N=C/c1cc(Br)ccc1OCc1cccc(F)c1)Nc1ccc(Cl)cc1. The number of nitrogens with one attached hydrogen (secondary N) is 1. The molecule has 0 radical (unpaired) electrons. The van der Waals surface area contributed by atoms with Crippen molar-refractivity contribution in [1.29, 1.82) is 0 Å². The summed E-state index contributed by atoms with van der Waals surface area (Å²) in [6.45, 7) is -0.0583. The molecule has 0 unspecified atom stereocenters. The standard InChI is InChI=1S/C22H17BrClFN2O3/c23-17-4-9-21(29-13-15-2-1-3-19(25)10-15)16(11-17)12-26-30-14-22(28)27-20-7-5-18(24)6-8-20/h1-12H,13-14H2,(H,27,28)/b26-12+.